The Morgan fingerprint density at radius 2 is 1.76 bits per heavy atom. The lowest BCUT2D eigenvalue weighted by Crippen LogP contribution is -2.33. The van der Waals surface area contributed by atoms with Gasteiger partial charge >= 0.3 is 0 Å². The second kappa shape index (κ2) is 11.0. The van der Waals surface area contributed by atoms with E-state index in [2.05, 4.69) is 47.3 Å². The first-order valence-corrected chi connectivity index (χ1v) is 13.2. The molecule has 1 aliphatic carbocycles. The van der Waals surface area contributed by atoms with Crippen molar-refractivity contribution < 1.29 is 4.52 Å². The zero-order valence-corrected chi connectivity index (χ0v) is 20.9. The summed E-state index contributed by atoms with van der Waals surface area (Å²) in [6.07, 6.45) is 6.36. The highest BCUT2D eigenvalue weighted by Gasteiger charge is 2.25. The lowest BCUT2D eigenvalue weighted by Gasteiger charge is -2.26. The highest BCUT2D eigenvalue weighted by Crippen LogP contribution is 2.39. The maximum atomic E-state index is 5.54. The number of benzene rings is 1. The summed E-state index contributed by atoms with van der Waals surface area (Å²) in [7, 11) is 0. The number of piperidine rings is 1. The van der Waals surface area contributed by atoms with Gasteiger partial charge in [-0.15, -0.1) is 0 Å². The van der Waals surface area contributed by atoms with Crippen LogP contribution in [0.2, 0.25) is 0 Å². The van der Waals surface area contributed by atoms with Gasteiger partial charge in [-0.3, -0.25) is 5.10 Å². The molecule has 3 aromatic heterocycles. The molecule has 1 saturated heterocycles. The number of nitrogens with one attached hydrogen (secondary N) is 4. The van der Waals surface area contributed by atoms with Crippen LogP contribution in [-0.2, 0) is 6.54 Å². The molecule has 1 aliphatic heterocycles. The van der Waals surface area contributed by atoms with E-state index in [4.69, 9.17) is 9.51 Å². The summed E-state index contributed by atoms with van der Waals surface area (Å²) >= 11 is 0. The molecule has 0 radical (unpaired) electrons. The fourth-order valence-corrected chi connectivity index (χ4v) is 4.65. The van der Waals surface area contributed by atoms with Gasteiger partial charge in [0.15, 0.2) is 11.6 Å². The molecule has 37 heavy (non-hydrogen) atoms. The summed E-state index contributed by atoms with van der Waals surface area (Å²) in [4.78, 5) is 11.9. The predicted octanol–water partition coefficient (Wildman–Crippen LogP) is 4.99. The van der Waals surface area contributed by atoms with Crippen molar-refractivity contribution in [3.05, 3.63) is 60.0 Å². The normalized spacial score (nSPS) is 16.0. The van der Waals surface area contributed by atoms with Gasteiger partial charge in [0.1, 0.15) is 17.3 Å². The van der Waals surface area contributed by atoms with Crippen LogP contribution in [0.15, 0.2) is 53.1 Å². The SMILES string of the molecule is c1ccc(-c2cc(CNc3nc(NCCN4CCCCC4)cc(Nc4cc(C5CC5)[nH]n4)n3)on2)cc1. The van der Waals surface area contributed by atoms with Crippen molar-refractivity contribution in [2.45, 2.75) is 44.6 Å². The third-order valence-electron chi connectivity index (χ3n) is 6.83. The van der Waals surface area contributed by atoms with Crippen LogP contribution in [0, 0.1) is 0 Å². The largest absolute Gasteiger partial charge is 0.369 e. The number of anilines is 4. The minimum atomic E-state index is 0.421. The van der Waals surface area contributed by atoms with Crippen molar-refractivity contribution in [1.29, 1.82) is 0 Å². The molecule has 0 atom stereocenters. The molecule has 2 fully saturated rings. The van der Waals surface area contributed by atoms with Gasteiger partial charge in [-0.2, -0.15) is 15.1 Å². The molecule has 4 heterocycles. The maximum absolute atomic E-state index is 5.54. The number of H-pyrrole nitrogens is 1. The van der Waals surface area contributed by atoms with E-state index in [-0.39, 0.29) is 0 Å². The number of nitrogens with zero attached hydrogens (tertiary/aromatic N) is 5. The van der Waals surface area contributed by atoms with E-state index in [9.17, 15) is 0 Å². The Labute approximate surface area is 216 Å². The molecule has 10 heteroatoms. The Bertz CT molecular complexity index is 1290. The average molecular weight is 500 g/mol. The van der Waals surface area contributed by atoms with Crippen molar-refractivity contribution in [2.24, 2.45) is 0 Å². The molecule has 10 nitrogen and oxygen atoms in total. The van der Waals surface area contributed by atoms with E-state index < -0.39 is 0 Å². The highest BCUT2D eigenvalue weighted by atomic mass is 16.5. The molecule has 4 N–H and O–H groups in total. The predicted molar refractivity (Wildman–Crippen MR) is 144 cm³/mol. The third kappa shape index (κ3) is 6.26. The minimum Gasteiger partial charge on any atom is -0.369 e. The lowest BCUT2D eigenvalue weighted by molar-refractivity contribution is 0.237. The van der Waals surface area contributed by atoms with Crippen LogP contribution in [0.25, 0.3) is 11.3 Å². The summed E-state index contributed by atoms with van der Waals surface area (Å²) in [5.74, 6) is 4.02. The molecule has 1 aromatic carbocycles. The topological polar surface area (TPSA) is 120 Å². The second-order valence-electron chi connectivity index (χ2n) is 9.80. The van der Waals surface area contributed by atoms with Gasteiger partial charge in [0.25, 0.3) is 0 Å². The van der Waals surface area contributed by atoms with E-state index >= 15 is 0 Å². The smallest absolute Gasteiger partial charge is 0.227 e. The zero-order chi connectivity index (χ0) is 24.9. The van der Waals surface area contributed by atoms with Crippen LogP contribution in [-0.4, -0.2) is 56.4 Å². The first-order chi connectivity index (χ1) is 18.3. The summed E-state index contributed by atoms with van der Waals surface area (Å²) in [5, 5.41) is 21.9. The molecule has 0 amide bonds. The van der Waals surface area contributed by atoms with Gasteiger partial charge in [0.05, 0.1) is 6.54 Å². The number of rotatable bonds is 11. The lowest BCUT2D eigenvalue weighted by atomic mass is 10.1. The van der Waals surface area contributed by atoms with E-state index in [1.807, 2.05) is 42.5 Å². The Hall–Kier alpha value is -3.92. The maximum Gasteiger partial charge on any atom is 0.227 e. The Balaban J connectivity index is 1.14. The second-order valence-corrected chi connectivity index (χ2v) is 9.80. The van der Waals surface area contributed by atoms with Gasteiger partial charge in [0.2, 0.25) is 5.95 Å². The number of hydrogen-bond donors (Lipinski definition) is 4. The summed E-state index contributed by atoms with van der Waals surface area (Å²) in [6, 6.07) is 15.9. The molecule has 192 valence electrons. The molecule has 6 rings (SSSR count). The van der Waals surface area contributed by atoms with E-state index in [0.717, 1.165) is 36.0 Å². The van der Waals surface area contributed by atoms with Crippen molar-refractivity contribution in [3.8, 4) is 11.3 Å². The number of aromatic amines is 1. The number of hydrogen-bond acceptors (Lipinski definition) is 9. The fraction of sp³-hybridized carbons (Fsp3) is 0.407. The monoisotopic (exact) mass is 499 g/mol. The van der Waals surface area contributed by atoms with Gasteiger partial charge in [-0.25, -0.2) is 0 Å². The molecule has 0 unspecified atom stereocenters. The Kier molecular flexibility index (Phi) is 6.98. The quantitative estimate of drug-likeness (QED) is 0.226. The van der Waals surface area contributed by atoms with Gasteiger partial charge in [0, 0.05) is 48.5 Å². The van der Waals surface area contributed by atoms with E-state index in [0.29, 0.717) is 30.0 Å². The van der Waals surface area contributed by atoms with Crippen LogP contribution < -0.4 is 16.0 Å². The molecule has 0 spiro atoms. The van der Waals surface area contributed by atoms with Crippen LogP contribution in [0.4, 0.5) is 23.4 Å². The van der Waals surface area contributed by atoms with Crippen LogP contribution in [0.1, 0.15) is 49.5 Å². The third-order valence-corrected chi connectivity index (χ3v) is 6.83. The molecular weight excluding hydrogens is 466 g/mol. The van der Waals surface area contributed by atoms with E-state index in [1.165, 1.54) is 50.9 Å². The minimum absolute atomic E-state index is 0.421. The Morgan fingerprint density at radius 1 is 0.919 bits per heavy atom. The van der Waals surface area contributed by atoms with Crippen molar-refractivity contribution in [3.63, 3.8) is 0 Å². The van der Waals surface area contributed by atoms with Crippen LogP contribution in [0.5, 0.6) is 0 Å². The first-order valence-electron chi connectivity index (χ1n) is 13.2. The van der Waals surface area contributed by atoms with E-state index in [1.54, 1.807) is 0 Å². The zero-order valence-electron chi connectivity index (χ0n) is 20.9. The highest BCUT2D eigenvalue weighted by molar-refractivity contribution is 5.60. The van der Waals surface area contributed by atoms with Crippen molar-refractivity contribution in [2.75, 3.05) is 42.1 Å². The molecular formula is C27H33N9O. The van der Waals surface area contributed by atoms with Crippen molar-refractivity contribution in [1.82, 2.24) is 30.2 Å². The molecule has 2 aliphatic rings. The molecule has 1 saturated carbocycles. The molecule has 4 aromatic rings. The van der Waals surface area contributed by atoms with Crippen LogP contribution >= 0.6 is 0 Å². The number of aromatic nitrogens is 5. The summed E-state index contributed by atoms with van der Waals surface area (Å²) in [6.45, 7) is 4.60. The van der Waals surface area contributed by atoms with Gasteiger partial charge in [-0.1, -0.05) is 41.9 Å². The molecule has 0 bridgehead atoms. The first kappa shape index (κ1) is 23.5. The van der Waals surface area contributed by atoms with Gasteiger partial charge < -0.3 is 25.4 Å². The Morgan fingerprint density at radius 3 is 2.59 bits per heavy atom. The summed E-state index contributed by atoms with van der Waals surface area (Å²) in [5.41, 5.74) is 3.00. The summed E-state index contributed by atoms with van der Waals surface area (Å²) < 4.78 is 5.54. The van der Waals surface area contributed by atoms with Crippen molar-refractivity contribution >= 4 is 23.4 Å². The fourth-order valence-electron chi connectivity index (χ4n) is 4.65. The van der Waals surface area contributed by atoms with Gasteiger partial charge in [-0.05, 0) is 38.8 Å². The standard InChI is InChI=1S/C27H33N9O/c1-3-7-19(8-4-1)23-15-21(37-35-23)18-29-27-31-24(28-11-14-36-12-5-2-6-13-36)17-25(32-27)30-26-16-22(33-34-26)20-9-10-20/h1,3-4,7-8,15-17,20H,2,5-6,9-14,18H2,(H4,28,29,30,31,32,33,34). The van der Waals surface area contributed by atoms with Crippen LogP contribution in [0.3, 0.4) is 0 Å². The number of likely N-dealkylation sites (tertiary alicyclic amines) is 1. The average Bonchev–Trinajstić information content (AvgIpc) is 3.49.